The molecule has 1 amide bonds. The van der Waals surface area contributed by atoms with Crippen molar-refractivity contribution in [3.8, 4) is 0 Å². The van der Waals surface area contributed by atoms with E-state index in [-0.39, 0.29) is 18.3 Å². The van der Waals surface area contributed by atoms with Crippen LogP contribution in [-0.4, -0.2) is 58.6 Å². The van der Waals surface area contributed by atoms with Gasteiger partial charge in [-0.3, -0.25) is 4.79 Å². The molecule has 21 heavy (non-hydrogen) atoms. The summed E-state index contributed by atoms with van der Waals surface area (Å²) in [5.41, 5.74) is -0.908. The molecule has 1 aromatic heterocycles. The zero-order chi connectivity index (χ0) is 16.3. The summed E-state index contributed by atoms with van der Waals surface area (Å²) in [6.45, 7) is 0.00575. The Bertz CT molecular complexity index is 516. The maximum Gasteiger partial charge on any atom is 0.419 e. The predicted molar refractivity (Wildman–Crippen MR) is 67.5 cm³/mol. The Balaban J connectivity index is 1.93. The van der Waals surface area contributed by atoms with E-state index in [1.54, 1.807) is 4.90 Å². The minimum absolute atomic E-state index is 0.181. The van der Waals surface area contributed by atoms with Gasteiger partial charge in [-0.05, 0) is 0 Å². The first-order valence-electron chi connectivity index (χ1n) is 6.87. The molecule has 6 nitrogen and oxygen atoms in total. The highest BCUT2D eigenvalue weighted by Crippen LogP contribution is 2.28. The van der Waals surface area contributed by atoms with Gasteiger partial charge in [0.25, 0.3) is 0 Å². The molecule has 9 heteroatoms. The molecule has 1 aliphatic rings. The van der Waals surface area contributed by atoms with Crippen LogP contribution in [0.1, 0.15) is 13.4 Å². The van der Waals surface area contributed by atoms with Gasteiger partial charge in [-0.1, -0.05) is 0 Å². The normalized spacial score (nSPS) is 18.4. The van der Waals surface area contributed by atoms with Gasteiger partial charge in [0.1, 0.15) is 0 Å². The van der Waals surface area contributed by atoms with Crippen LogP contribution in [0.15, 0.2) is 12.4 Å². The summed E-state index contributed by atoms with van der Waals surface area (Å²) in [5.74, 6) is -0.142. The Hall–Kier alpha value is -1.90. The molecule has 0 aromatic carbocycles. The molecule has 1 aliphatic heterocycles. The number of rotatable bonds is 3. The number of hydrogen-bond acceptors (Lipinski definition) is 5. The number of nitrogens with zero attached hydrogens (tertiary/aromatic N) is 4. The zero-order valence-electron chi connectivity index (χ0n) is 12.0. The molecule has 0 radical (unpaired) electrons. The number of carbonyl (C=O) groups is 1. The lowest BCUT2D eigenvalue weighted by Gasteiger charge is -2.34. The number of aromatic nitrogens is 2. The monoisotopic (exact) mass is 305 g/mol. The third kappa shape index (κ3) is 3.81. The molecule has 1 saturated heterocycles. The molecule has 1 atom stereocenters. The van der Waals surface area contributed by atoms with Crippen LogP contribution in [0, 0.1) is 0 Å². The summed E-state index contributed by atoms with van der Waals surface area (Å²) in [6, 6.07) is 0. The van der Waals surface area contributed by atoms with Crippen molar-refractivity contribution in [1.29, 1.82) is 0 Å². The van der Waals surface area contributed by atoms with E-state index in [4.69, 9.17) is 6.48 Å². The van der Waals surface area contributed by atoms with Gasteiger partial charge in [0.15, 0.2) is 0 Å². The standard InChI is InChI=1S/C12H15F3N4O2/c13-12(14,15)9-7-16-11(17-8-9)19-4-2-18(3-5-19)10(21)1-6-20/h7-8,20H,1-6H2/i6D. The van der Waals surface area contributed by atoms with Crippen LogP contribution in [0.4, 0.5) is 19.1 Å². The van der Waals surface area contributed by atoms with Crippen LogP contribution in [0.5, 0.6) is 0 Å². The van der Waals surface area contributed by atoms with Crippen LogP contribution >= 0.6 is 0 Å². The van der Waals surface area contributed by atoms with Crippen LogP contribution in [0.2, 0.25) is 0 Å². The third-order valence-corrected chi connectivity index (χ3v) is 3.15. The van der Waals surface area contributed by atoms with E-state index in [0.717, 1.165) is 12.4 Å². The lowest BCUT2D eigenvalue weighted by molar-refractivity contribution is -0.138. The van der Waals surface area contributed by atoms with Gasteiger partial charge >= 0.3 is 6.18 Å². The van der Waals surface area contributed by atoms with E-state index >= 15 is 0 Å². The SMILES string of the molecule is [2H]C(O)CC(=O)N1CCN(c2ncc(C(F)(F)F)cn2)CC1. The highest BCUT2D eigenvalue weighted by Gasteiger charge is 2.32. The van der Waals surface area contributed by atoms with Crippen molar-refractivity contribution in [2.24, 2.45) is 0 Å². The average Bonchev–Trinajstić information content (AvgIpc) is 2.46. The molecular weight excluding hydrogens is 289 g/mol. The molecule has 1 N–H and O–H groups in total. The van der Waals surface area contributed by atoms with E-state index < -0.39 is 18.3 Å². The average molecular weight is 305 g/mol. The highest BCUT2D eigenvalue weighted by atomic mass is 19.4. The lowest BCUT2D eigenvalue weighted by Crippen LogP contribution is -2.49. The molecule has 1 unspecified atom stereocenters. The first kappa shape index (κ1) is 14.1. The number of piperazine rings is 1. The number of halogens is 3. The number of amides is 1. The van der Waals surface area contributed by atoms with Crippen molar-refractivity contribution in [3.63, 3.8) is 0 Å². The van der Waals surface area contributed by atoms with Crippen molar-refractivity contribution in [2.75, 3.05) is 37.7 Å². The van der Waals surface area contributed by atoms with Crippen molar-refractivity contribution in [1.82, 2.24) is 14.9 Å². The Morgan fingerprint density at radius 3 is 2.33 bits per heavy atom. The Labute approximate surface area is 120 Å². The number of alkyl halides is 3. The van der Waals surface area contributed by atoms with Crippen LogP contribution in [0.3, 0.4) is 0 Å². The Kier molecular flexibility index (Phi) is 4.18. The molecular formula is C12H15F3N4O2. The molecule has 0 bridgehead atoms. The number of anilines is 1. The largest absolute Gasteiger partial charge is 0.419 e. The van der Waals surface area contributed by atoms with Gasteiger partial charge < -0.3 is 14.9 Å². The first-order chi connectivity index (χ1) is 10.3. The smallest absolute Gasteiger partial charge is 0.396 e. The fourth-order valence-corrected chi connectivity index (χ4v) is 1.99. The number of aliphatic hydroxyl groups excluding tert-OH is 1. The molecule has 1 aromatic rings. The van der Waals surface area contributed by atoms with Gasteiger partial charge in [0.05, 0.1) is 13.5 Å². The number of hydrogen-bond donors (Lipinski definition) is 1. The summed E-state index contributed by atoms with van der Waals surface area (Å²) < 4.78 is 44.3. The minimum Gasteiger partial charge on any atom is -0.396 e. The molecule has 116 valence electrons. The fraction of sp³-hybridized carbons (Fsp3) is 0.583. The lowest BCUT2D eigenvalue weighted by atomic mass is 10.3. The van der Waals surface area contributed by atoms with Gasteiger partial charge in [-0.2, -0.15) is 13.2 Å². The van der Waals surface area contributed by atoms with Gasteiger partial charge in [0.2, 0.25) is 11.9 Å². The molecule has 2 heterocycles. The van der Waals surface area contributed by atoms with Gasteiger partial charge in [-0.15, -0.1) is 0 Å². The zero-order valence-corrected chi connectivity index (χ0v) is 11.0. The second-order valence-electron chi connectivity index (χ2n) is 4.52. The molecule has 2 rings (SSSR count). The summed E-state index contributed by atoms with van der Waals surface area (Å²) in [4.78, 5) is 22.3. The summed E-state index contributed by atoms with van der Waals surface area (Å²) >= 11 is 0. The minimum atomic E-state index is -4.47. The molecule has 0 aliphatic carbocycles. The predicted octanol–water partition coefficient (Wildman–Crippen LogP) is 0.526. The van der Waals surface area contributed by atoms with Crippen molar-refractivity contribution >= 4 is 11.9 Å². The number of carbonyl (C=O) groups excluding carboxylic acids is 1. The van der Waals surface area contributed by atoms with Crippen molar-refractivity contribution < 1.29 is 24.4 Å². The maximum absolute atomic E-state index is 12.4. The second-order valence-corrected chi connectivity index (χ2v) is 4.52. The van der Waals surface area contributed by atoms with E-state index in [9.17, 15) is 18.0 Å². The van der Waals surface area contributed by atoms with E-state index in [1.807, 2.05) is 0 Å². The van der Waals surface area contributed by atoms with Crippen LogP contribution in [0.25, 0.3) is 0 Å². The van der Waals surface area contributed by atoms with Crippen LogP contribution in [-0.2, 0) is 11.0 Å². The van der Waals surface area contributed by atoms with E-state index in [0.29, 0.717) is 26.2 Å². The molecule has 0 spiro atoms. The van der Waals surface area contributed by atoms with E-state index in [1.165, 1.54) is 4.90 Å². The fourth-order valence-electron chi connectivity index (χ4n) is 1.99. The summed E-state index contributed by atoms with van der Waals surface area (Å²) in [5, 5.41) is 8.87. The second kappa shape index (κ2) is 6.25. The van der Waals surface area contributed by atoms with Crippen molar-refractivity contribution in [2.45, 2.75) is 12.6 Å². The van der Waals surface area contributed by atoms with E-state index in [2.05, 4.69) is 9.97 Å². The summed E-state index contributed by atoms with van der Waals surface area (Å²) in [7, 11) is 0. The quantitative estimate of drug-likeness (QED) is 0.882. The molecule has 0 saturated carbocycles. The van der Waals surface area contributed by atoms with Crippen molar-refractivity contribution in [3.05, 3.63) is 18.0 Å². The van der Waals surface area contributed by atoms with Gasteiger partial charge in [-0.25, -0.2) is 9.97 Å². The molecule has 1 fully saturated rings. The summed E-state index contributed by atoms with van der Waals surface area (Å²) in [6.07, 6.45) is -3.27. The Morgan fingerprint density at radius 1 is 1.29 bits per heavy atom. The topological polar surface area (TPSA) is 69.6 Å². The first-order valence-corrected chi connectivity index (χ1v) is 6.29. The highest BCUT2D eigenvalue weighted by molar-refractivity contribution is 5.76. The Morgan fingerprint density at radius 2 is 1.86 bits per heavy atom. The third-order valence-electron chi connectivity index (χ3n) is 3.15. The van der Waals surface area contributed by atoms with Crippen LogP contribution < -0.4 is 4.90 Å². The van der Waals surface area contributed by atoms with Gasteiger partial charge in [0, 0.05) is 45.0 Å². The number of aliphatic hydroxyl groups is 1. The maximum atomic E-state index is 12.4.